The van der Waals surface area contributed by atoms with Crippen LogP contribution < -0.4 is 10.6 Å². The number of fused-ring (bicyclic) bond motifs is 1. The van der Waals surface area contributed by atoms with Crippen molar-refractivity contribution in [3.05, 3.63) is 36.4 Å². The predicted octanol–water partition coefficient (Wildman–Crippen LogP) is 3.30. The van der Waals surface area contributed by atoms with Crippen LogP contribution in [-0.4, -0.2) is 28.4 Å². The van der Waals surface area contributed by atoms with Crippen LogP contribution in [0.3, 0.4) is 0 Å². The lowest BCUT2D eigenvalue weighted by atomic mass is 10.1. The Bertz CT molecular complexity index is 517. The molecule has 0 N–H and O–H groups in total. The molecule has 6 heteroatoms. The number of hydrogen-bond donors (Lipinski definition) is 0. The van der Waals surface area contributed by atoms with Gasteiger partial charge < -0.3 is 18.1 Å². The lowest BCUT2D eigenvalue weighted by Crippen LogP contribution is -2.11. The molecule has 0 atom stereocenters. The Morgan fingerprint density at radius 3 is 1.25 bits per heavy atom. The molecular formula is C14H18O4P2. The monoisotopic (exact) mass is 312 g/mol. The molecule has 0 spiro atoms. The summed E-state index contributed by atoms with van der Waals surface area (Å²) < 4.78 is 21.7. The second-order valence-electron chi connectivity index (χ2n) is 3.89. The molecule has 0 heterocycles. The van der Waals surface area contributed by atoms with Crippen LogP contribution in [0.15, 0.2) is 36.4 Å². The number of rotatable bonds is 6. The summed E-state index contributed by atoms with van der Waals surface area (Å²) >= 11 is 0. The van der Waals surface area contributed by atoms with E-state index in [1.807, 2.05) is 24.3 Å². The molecule has 2 aromatic carbocycles. The molecule has 0 bridgehead atoms. The third-order valence-corrected chi connectivity index (χ3v) is 5.83. The quantitative estimate of drug-likeness (QED) is 0.767. The summed E-state index contributed by atoms with van der Waals surface area (Å²) in [5.74, 6) is 0. The van der Waals surface area contributed by atoms with Gasteiger partial charge in [-0.15, -0.1) is 0 Å². The van der Waals surface area contributed by atoms with Gasteiger partial charge in [-0.3, -0.25) is 0 Å². The Hall–Kier alpha value is -0.600. The van der Waals surface area contributed by atoms with E-state index in [2.05, 4.69) is 12.1 Å². The minimum atomic E-state index is -1.07. The second-order valence-corrected chi connectivity index (χ2v) is 7.35. The fraction of sp³-hybridized carbons (Fsp3) is 0.286. The summed E-state index contributed by atoms with van der Waals surface area (Å²) in [4.78, 5) is 0. The van der Waals surface area contributed by atoms with Gasteiger partial charge in [0.05, 0.1) is 0 Å². The van der Waals surface area contributed by atoms with E-state index in [-0.39, 0.29) is 0 Å². The normalized spacial score (nSPS) is 11.7. The highest BCUT2D eigenvalue weighted by molar-refractivity contribution is 7.57. The zero-order chi connectivity index (χ0) is 14.5. The molecule has 0 saturated carbocycles. The van der Waals surface area contributed by atoms with Gasteiger partial charge in [0, 0.05) is 39.0 Å². The molecule has 0 saturated heterocycles. The summed E-state index contributed by atoms with van der Waals surface area (Å²) in [6, 6.07) is 12.2. The standard InChI is InChI=1S/C14H18O4P2/c1-15-19(16-2)13-9-5-8-12-11(13)7-6-10-14(12)20(17-3)18-4/h5-10H,1-4H3. The van der Waals surface area contributed by atoms with Gasteiger partial charge in [-0.2, -0.15) is 0 Å². The summed E-state index contributed by atoms with van der Waals surface area (Å²) in [5, 5.41) is 4.35. The first-order chi connectivity index (χ1) is 9.76. The Balaban J connectivity index is 2.62. The van der Waals surface area contributed by atoms with Crippen LogP contribution in [0.4, 0.5) is 0 Å². The van der Waals surface area contributed by atoms with E-state index >= 15 is 0 Å². The minimum Gasteiger partial charge on any atom is -0.334 e. The molecule has 2 aromatic rings. The maximum atomic E-state index is 5.43. The molecule has 0 aliphatic carbocycles. The van der Waals surface area contributed by atoms with E-state index in [0.29, 0.717) is 0 Å². The lowest BCUT2D eigenvalue weighted by molar-refractivity contribution is 0.350. The van der Waals surface area contributed by atoms with Gasteiger partial charge in [0.1, 0.15) is 0 Å². The summed E-state index contributed by atoms with van der Waals surface area (Å²) in [6.45, 7) is 0. The Morgan fingerprint density at radius 1 is 0.600 bits per heavy atom. The molecule has 4 nitrogen and oxygen atoms in total. The van der Waals surface area contributed by atoms with Crippen molar-refractivity contribution in [3.8, 4) is 0 Å². The Morgan fingerprint density at radius 2 is 0.950 bits per heavy atom. The van der Waals surface area contributed by atoms with Gasteiger partial charge in [-0.25, -0.2) is 0 Å². The molecular weight excluding hydrogens is 294 g/mol. The van der Waals surface area contributed by atoms with Gasteiger partial charge in [-0.05, 0) is 22.9 Å². The molecule has 0 aliphatic heterocycles. The average molecular weight is 312 g/mol. The number of hydrogen-bond acceptors (Lipinski definition) is 4. The van der Waals surface area contributed by atoms with Crippen LogP contribution in [0.5, 0.6) is 0 Å². The zero-order valence-corrected chi connectivity index (χ0v) is 13.8. The molecule has 0 aliphatic rings. The third-order valence-electron chi connectivity index (χ3n) is 2.93. The van der Waals surface area contributed by atoms with Crippen LogP contribution in [0, 0.1) is 0 Å². The highest BCUT2D eigenvalue weighted by Gasteiger charge is 2.18. The maximum absolute atomic E-state index is 5.43. The van der Waals surface area contributed by atoms with E-state index in [0.717, 1.165) is 21.4 Å². The van der Waals surface area contributed by atoms with Crippen molar-refractivity contribution in [2.75, 3.05) is 28.4 Å². The van der Waals surface area contributed by atoms with Gasteiger partial charge in [0.15, 0.2) is 0 Å². The van der Waals surface area contributed by atoms with Gasteiger partial charge >= 0.3 is 0 Å². The highest BCUT2D eigenvalue weighted by Crippen LogP contribution is 2.40. The van der Waals surface area contributed by atoms with Gasteiger partial charge in [-0.1, -0.05) is 24.3 Å². The largest absolute Gasteiger partial charge is 0.334 e. The van der Waals surface area contributed by atoms with E-state index < -0.39 is 16.8 Å². The molecule has 0 aromatic heterocycles. The zero-order valence-electron chi connectivity index (χ0n) is 12.0. The van der Waals surface area contributed by atoms with Crippen LogP contribution in [-0.2, 0) is 18.1 Å². The average Bonchev–Trinajstić information content (AvgIpc) is 2.50. The fourth-order valence-electron chi connectivity index (χ4n) is 2.14. The summed E-state index contributed by atoms with van der Waals surface area (Å²) in [6.07, 6.45) is 0. The summed E-state index contributed by atoms with van der Waals surface area (Å²) in [7, 11) is 4.52. The van der Waals surface area contributed by atoms with Crippen molar-refractivity contribution >= 4 is 38.1 Å². The first kappa shape index (κ1) is 15.8. The van der Waals surface area contributed by atoms with Crippen molar-refractivity contribution in [2.24, 2.45) is 0 Å². The molecule has 0 fully saturated rings. The van der Waals surface area contributed by atoms with Crippen molar-refractivity contribution in [2.45, 2.75) is 0 Å². The van der Waals surface area contributed by atoms with Crippen molar-refractivity contribution in [3.63, 3.8) is 0 Å². The van der Waals surface area contributed by atoms with E-state index in [9.17, 15) is 0 Å². The number of benzene rings is 2. The SMILES string of the molecule is COP(OC)c1cccc2c(P(OC)OC)cccc12. The molecule has 108 valence electrons. The minimum absolute atomic E-state index is 1.06. The molecule has 20 heavy (non-hydrogen) atoms. The van der Waals surface area contributed by atoms with Crippen molar-refractivity contribution < 1.29 is 18.1 Å². The van der Waals surface area contributed by atoms with Crippen molar-refractivity contribution in [1.82, 2.24) is 0 Å². The Labute approximate surface area is 121 Å². The lowest BCUT2D eigenvalue weighted by Gasteiger charge is -2.18. The fourth-order valence-corrected chi connectivity index (χ4v) is 4.42. The van der Waals surface area contributed by atoms with Gasteiger partial charge in [0.25, 0.3) is 0 Å². The smallest absolute Gasteiger partial charge is 0.205 e. The van der Waals surface area contributed by atoms with E-state index in [1.54, 1.807) is 28.4 Å². The third kappa shape index (κ3) is 3.01. The summed E-state index contributed by atoms with van der Waals surface area (Å²) in [5.41, 5.74) is 0. The van der Waals surface area contributed by atoms with E-state index in [4.69, 9.17) is 18.1 Å². The Kier molecular flexibility index (Phi) is 5.86. The highest BCUT2D eigenvalue weighted by atomic mass is 31.2. The van der Waals surface area contributed by atoms with Gasteiger partial charge in [0.2, 0.25) is 16.8 Å². The second kappa shape index (κ2) is 7.42. The van der Waals surface area contributed by atoms with Crippen LogP contribution >= 0.6 is 16.8 Å². The first-order valence-electron chi connectivity index (χ1n) is 6.05. The first-order valence-corrected chi connectivity index (χ1v) is 8.40. The molecule has 0 unspecified atom stereocenters. The molecule has 0 radical (unpaired) electrons. The topological polar surface area (TPSA) is 36.9 Å². The van der Waals surface area contributed by atoms with E-state index in [1.165, 1.54) is 0 Å². The molecule has 2 rings (SSSR count). The van der Waals surface area contributed by atoms with Crippen LogP contribution in [0.1, 0.15) is 0 Å². The predicted molar refractivity (Wildman–Crippen MR) is 85.1 cm³/mol. The van der Waals surface area contributed by atoms with Crippen molar-refractivity contribution in [1.29, 1.82) is 0 Å². The maximum Gasteiger partial charge on any atom is 0.205 e. The van der Waals surface area contributed by atoms with Crippen LogP contribution in [0.2, 0.25) is 0 Å². The van der Waals surface area contributed by atoms with Crippen LogP contribution in [0.25, 0.3) is 10.8 Å². The molecule has 0 amide bonds.